The Labute approximate surface area is 123 Å². The van der Waals surface area contributed by atoms with Crippen molar-refractivity contribution in [2.45, 2.75) is 20.3 Å². The van der Waals surface area contributed by atoms with Gasteiger partial charge in [-0.05, 0) is 25.5 Å². The van der Waals surface area contributed by atoms with E-state index in [0.717, 1.165) is 6.42 Å². The van der Waals surface area contributed by atoms with Crippen LogP contribution in [-0.4, -0.2) is 34.0 Å². The molecule has 0 atom stereocenters. The minimum absolute atomic E-state index is 0.186. The van der Waals surface area contributed by atoms with E-state index in [1.807, 2.05) is 18.7 Å². The van der Waals surface area contributed by atoms with Crippen molar-refractivity contribution >= 4 is 23.3 Å². The summed E-state index contributed by atoms with van der Waals surface area (Å²) in [7, 11) is 0. The van der Waals surface area contributed by atoms with Crippen LogP contribution in [-0.2, 0) is 4.79 Å². The lowest BCUT2D eigenvalue weighted by molar-refractivity contribution is -0.132. The molecule has 0 saturated carbocycles. The van der Waals surface area contributed by atoms with Gasteiger partial charge in [0.15, 0.2) is 5.57 Å². The maximum Gasteiger partial charge on any atom is 0.348 e. The summed E-state index contributed by atoms with van der Waals surface area (Å²) in [5, 5.41) is 18.6. The molecule has 0 saturated heterocycles. The highest BCUT2D eigenvalue weighted by Crippen LogP contribution is 2.28. The number of halogens is 1. The summed E-state index contributed by atoms with van der Waals surface area (Å²) < 4.78 is 0. The van der Waals surface area contributed by atoms with E-state index in [-0.39, 0.29) is 10.7 Å². The third-order valence-electron chi connectivity index (χ3n) is 2.77. The van der Waals surface area contributed by atoms with Crippen LogP contribution in [0.15, 0.2) is 23.9 Å². The molecule has 0 spiro atoms. The molecule has 1 rings (SSSR count). The number of rotatable bonds is 6. The Morgan fingerprint density at radius 2 is 2.25 bits per heavy atom. The number of nitriles is 1. The first kappa shape index (κ1) is 16.0. The average molecular weight is 294 g/mol. The molecule has 20 heavy (non-hydrogen) atoms. The van der Waals surface area contributed by atoms with Gasteiger partial charge in [-0.15, -0.1) is 0 Å². The Bertz CT molecular complexity index is 564. The van der Waals surface area contributed by atoms with Crippen LogP contribution < -0.4 is 0 Å². The minimum atomic E-state index is -1.27. The molecule has 0 radical (unpaired) electrons. The van der Waals surface area contributed by atoms with E-state index in [2.05, 4.69) is 4.98 Å². The number of carbonyl (C=O) groups is 1. The summed E-state index contributed by atoms with van der Waals surface area (Å²) in [5.41, 5.74) is 0.459. The molecule has 6 heteroatoms. The van der Waals surface area contributed by atoms with Gasteiger partial charge in [0.2, 0.25) is 0 Å². The lowest BCUT2D eigenvalue weighted by atomic mass is 10.1. The summed E-state index contributed by atoms with van der Waals surface area (Å²) in [6, 6.07) is 5.09. The molecule has 106 valence electrons. The summed E-state index contributed by atoms with van der Waals surface area (Å²) in [5.74, 6) is -1.27. The van der Waals surface area contributed by atoms with Gasteiger partial charge in [0.25, 0.3) is 0 Å². The Morgan fingerprint density at radius 1 is 1.55 bits per heavy atom. The van der Waals surface area contributed by atoms with Crippen LogP contribution in [0.3, 0.4) is 0 Å². The summed E-state index contributed by atoms with van der Waals surface area (Å²) in [6.07, 6.45) is 2.35. The third kappa shape index (κ3) is 3.49. The predicted octanol–water partition coefficient (Wildman–Crippen LogP) is 2.79. The van der Waals surface area contributed by atoms with Gasteiger partial charge in [0.1, 0.15) is 11.2 Å². The first-order chi connectivity index (χ1) is 9.56. The molecule has 1 aromatic heterocycles. The number of aliphatic carboxylic acids is 1. The second kappa shape index (κ2) is 7.51. The van der Waals surface area contributed by atoms with Crippen molar-refractivity contribution in [1.29, 1.82) is 5.26 Å². The van der Waals surface area contributed by atoms with Gasteiger partial charge in [-0.3, -0.25) is 0 Å². The first-order valence-corrected chi connectivity index (χ1v) is 6.68. The molecule has 0 bridgehead atoms. The topological polar surface area (TPSA) is 77.2 Å². The smallest absolute Gasteiger partial charge is 0.348 e. The van der Waals surface area contributed by atoms with Gasteiger partial charge >= 0.3 is 5.97 Å². The maximum absolute atomic E-state index is 11.3. The maximum atomic E-state index is 11.3. The average Bonchev–Trinajstić information content (AvgIpc) is 2.43. The number of hydrogen-bond donors (Lipinski definition) is 1. The second-order valence-electron chi connectivity index (χ2n) is 4.06. The van der Waals surface area contributed by atoms with Crippen molar-refractivity contribution in [2.24, 2.45) is 0 Å². The van der Waals surface area contributed by atoms with E-state index in [4.69, 9.17) is 16.9 Å². The van der Waals surface area contributed by atoms with Gasteiger partial charge in [-0.25, -0.2) is 9.78 Å². The highest BCUT2D eigenvalue weighted by molar-refractivity contribution is 6.31. The van der Waals surface area contributed by atoms with Gasteiger partial charge in [0.05, 0.1) is 5.70 Å². The predicted molar refractivity (Wildman–Crippen MR) is 77.0 cm³/mol. The van der Waals surface area contributed by atoms with E-state index < -0.39 is 5.97 Å². The second-order valence-corrected chi connectivity index (χ2v) is 4.42. The lowest BCUT2D eigenvalue weighted by Gasteiger charge is -2.26. The molecule has 0 fully saturated rings. The number of pyridine rings is 1. The molecular weight excluding hydrogens is 278 g/mol. The monoisotopic (exact) mass is 293 g/mol. The molecule has 1 N–H and O–H groups in total. The third-order valence-corrected chi connectivity index (χ3v) is 3.07. The molecule has 1 heterocycles. The largest absolute Gasteiger partial charge is 0.477 e. The van der Waals surface area contributed by atoms with E-state index in [1.54, 1.807) is 18.2 Å². The first-order valence-electron chi connectivity index (χ1n) is 6.30. The number of carboxylic acid groups (broad SMARTS) is 1. The van der Waals surface area contributed by atoms with Crippen LogP contribution in [0.2, 0.25) is 5.15 Å². The molecule has 0 aliphatic rings. The Morgan fingerprint density at radius 3 is 2.70 bits per heavy atom. The molecule has 5 nitrogen and oxygen atoms in total. The zero-order chi connectivity index (χ0) is 15.1. The SMILES string of the molecule is CCCN(CC)C(=C(C#N)C(=O)O)c1cccnc1Cl. The fourth-order valence-corrected chi connectivity index (χ4v) is 2.13. The number of hydrogen-bond acceptors (Lipinski definition) is 4. The minimum Gasteiger partial charge on any atom is -0.477 e. The van der Waals surface area contributed by atoms with Crippen LogP contribution in [0.1, 0.15) is 25.8 Å². The van der Waals surface area contributed by atoms with Crippen LogP contribution >= 0.6 is 11.6 Å². The van der Waals surface area contributed by atoms with Gasteiger partial charge in [-0.1, -0.05) is 18.5 Å². The van der Waals surface area contributed by atoms with Gasteiger partial charge in [0, 0.05) is 24.8 Å². The zero-order valence-corrected chi connectivity index (χ0v) is 12.2. The van der Waals surface area contributed by atoms with Crippen molar-refractivity contribution in [3.63, 3.8) is 0 Å². The van der Waals surface area contributed by atoms with Crippen LogP contribution in [0.5, 0.6) is 0 Å². The van der Waals surface area contributed by atoms with Crippen molar-refractivity contribution < 1.29 is 9.90 Å². The number of nitrogens with zero attached hydrogens (tertiary/aromatic N) is 3. The van der Waals surface area contributed by atoms with Crippen LogP contribution in [0, 0.1) is 11.3 Å². The molecule has 0 amide bonds. The normalized spacial score (nSPS) is 11.5. The van der Waals surface area contributed by atoms with Gasteiger partial charge < -0.3 is 10.0 Å². The van der Waals surface area contributed by atoms with Crippen molar-refractivity contribution in [3.8, 4) is 6.07 Å². The van der Waals surface area contributed by atoms with Crippen molar-refractivity contribution in [2.75, 3.05) is 13.1 Å². The zero-order valence-electron chi connectivity index (χ0n) is 11.4. The fourth-order valence-electron chi connectivity index (χ4n) is 1.93. The standard InChI is InChI=1S/C14H16ClN3O2/c1-3-8-18(4-2)12(11(9-16)14(19)20)10-6-5-7-17-13(10)15/h5-7H,3-4,8H2,1-2H3,(H,19,20). The van der Waals surface area contributed by atoms with E-state index in [0.29, 0.717) is 24.4 Å². The molecule has 0 aliphatic heterocycles. The molecule has 1 aromatic rings. The summed E-state index contributed by atoms with van der Waals surface area (Å²) in [4.78, 5) is 17.1. The van der Waals surface area contributed by atoms with Gasteiger partial charge in [-0.2, -0.15) is 5.26 Å². The molecule has 0 aliphatic carbocycles. The quantitative estimate of drug-likeness (QED) is 0.496. The fraction of sp³-hybridized carbons (Fsp3) is 0.357. The van der Waals surface area contributed by atoms with E-state index in [1.165, 1.54) is 6.20 Å². The van der Waals surface area contributed by atoms with Crippen molar-refractivity contribution in [1.82, 2.24) is 9.88 Å². The van der Waals surface area contributed by atoms with Crippen molar-refractivity contribution in [3.05, 3.63) is 34.6 Å². The Hall–Kier alpha value is -2.06. The molecular formula is C14H16ClN3O2. The Balaban J connectivity index is 3.55. The molecule has 0 unspecified atom stereocenters. The summed E-state index contributed by atoms with van der Waals surface area (Å²) >= 11 is 6.05. The van der Waals surface area contributed by atoms with E-state index in [9.17, 15) is 9.90 Å². The molecule has 0 aromatic carbocycles. The Kier molecular flexibility index (Phi) is 6.01. The highest BCUT2D eigenvalue weighted by atomic mass is 35.5. The lowest BCUT2D eigenvalue weighted by Crippen LogP contribution is -2.25. The highest BCUT2D eigenvalue weighted by Gasteiger charge is 2.22. The van der Waals surface area contributed by atoms with Crippen LogP contribution in [0.25, 0.3) is 5.70 Å². The summed E-state index contributed by atoms with van der Waals surface area (Å²) in [6.45, 7) is 5.09. The number of carboxylic acids is 1. The number of aromatic nitrogens is 1. The van der Waals surface area contributed by atoms with E-state index >= 15 is 0 Å². The van der Waals surface area contributed by atoms with Crippen LogP contribution in [0.4, 0.5) is 0 Å².